The quantitative estimate of drug-likeness (QED) is 0.576. The molecule has 3 rings (SSSR count). The van der Waals surface area contributed by atoms with Crippen LogP contribution in [-0.2, 0) is 19.8 Å². The van der Waals surface area contributed by atoms with Crippen molar-refractivity contribution in [3.05, 3.63) is 47.5 Å². The molecule has 0 saturated carbocycles. The van der Waals surface area contributed by atoms with E-state index in [-0.39, 0.29) is 12.0 Å². The van der Waals surface area contributed by atoms with Crippen molar-refractivity contribution >= 4 is 5.96 Å². The van der Waals surface area contributed by atoms with Gasteiger partial charge in [-0.15, -0.1) is 0 Å². The largest absolute Gasteiger partial charge is 0.416 e. The lowest BCUT2D eigenvalue weighted by Gasteiger charge is -2.40. The normalized spacial score (nSPS) is 20.7. The number of benzene rings is 1. The average Bonchev–Trinajstić information content (AvgIpc) is 3.12. The van der Waals surface area contributed by atoms with Gasteiger partial charge in [-0.3, -0.25) is 14.6 Å². The molecule has 2 atom stereocenters. The van der Waals surface area contributed by atoms with E-state index in [1.807, 2.05) is 26.0 Å². The maximum absolute atomic E-state index is 13.0. The molecule has 1 aliphatic heterocycles. The first-order valence-electron chi connectivity index (χ1n) is 10.3. The second-order valence-electron chi connectivity index (χ2n) is 8.03. The van der Waals surface area contributed by atoms with E-state index in [1.165, 1.54) is 18.5 Å². The van der Waals surface area contributed by atoms with Gasteiger partial charge in [0.15, 0.2) is 5.96 Å². The van der Waals surface area contributed by atoms with Gasteiger partial charge in [-0.05, 0) is 50.0 Å². The molecule has 0 aliphatic carbocycles. The molecule has 1 N–H and O–H groups in total. The lowest BCUT2D eigenvalue weighted by molar-refractivity contribution is -0.137. The number of aromatic nitrogens is 3. The molecule has 31 heavy (non-hydrogen) atoms. The molecule has 10 heteroatoms. The zero-order chi connectivity index (χ0) is 22.6. The molecule has 1 aromatic heterocycles. The van der Waals surface area contributed by atoms with Crippen LogP contribution in [0.25, 0.3) is 0 Å². The van der Waals surface area contributed by atoms with Gasteiger partial charge in [0.1, 0.15) is 12.2 Å². The van der Waals surface area contributed by atoms with E-state index < -0.39 is 11.7 Å². The van der Waals surface area contributed by atoms with Crippen LogP contribution in [0.2, 0.25) is 0 Å². The smallest absolute Gasteiger partial charge is 0.356 e. The summed E-state index contributed by atoms with van der Waals surface area (Å²) in [5.41, 5.74) is 0.291. The van der Waals surface area contributed by atoms with E-state index in [0.29, 0.717) is 13.1 Å². The number of rotatable bonds is 5. The maximum atomic E-state index is 13.0. The first-order valence-corrected chi connectivity index (χ1v) is 10.3. The monoisotopic (exact) mass is 437 g/mol. The summed E-state index contributed by atoms with van der Waals surface area (Å²) in [4.78, 5) is 12.8. The van der Waals surface area contributed by atoms with Crippen LogP contribution in [0.5, 0.6) is 0 Å². The van der Waals surface area contributed by atoms with E-state index in [2.05, 4.69) is 25.3 Å². The Morgan fingerprint density at radius 2 is 1.97 bits per heavy atom. The molecule has 7 nitrogen and oxygen atoms in total. The number of hydrogen-bond acceptors (Lipinski definition) is 4. The number of aliphatic imine (C=N–C) groups is 1. The van der Waals surface area contributed by atoms with Gasteiger partial charge in [0, 0.05) is 33.7 Å². The number of guanidine groups is 1. The van der Waals surface area contributed by atoms with E-state index in [4.69, 9.17) is 0 Å². The number of halogens is 3. The number of nitrogens with zero attached hydrogens (tertiary/aromatic N) is 6. The fourth-order valence-corrected chi connectivity index (χ4v) is 4.23. The van der Waals surface area contributed by atoms with Gasteiger partial charge < -0.3 is 10.2 Å². The highest BCUT2D eigenvalue weighted by atomic mass is 19.4. The topological polar surface area (TPSA) is 61.6 Å². The summed E-state index contributed by atoms with van der Waals surface area (Å²) < 4.78 is 40.6. The molecule has 2 aromatic rings. The number of likely N-dealkylation sites (tertiary alicyclic amines) is 1. The molecule has 1 aromatic carbocycles. The fourth-order valence-electron chi connectivity index (χ4n) is 4.23. The Morgan fingerprint density at radius 1 is 1.26 bits per heavy atom. The molecule has 2 unspecified atom stereocenters. The van der Waals surface area contributed by atoms with Crippen LogP contribution in [0.3, 0.4) is 0 Å². The van der Waals surface area contributed by atoms with Crippen LogP contribution >= 0.6 is 0 Å². The lowest BCUT2D eigenvalue weighted by atomic mass is 9.84. The summed E-state index contributed by atoms with van der Waals surface area (Å²) in [7, 11) is 7.54. The third kappa shape index (κ3) is 5.55. The minimum atomic E-state index is -4.32. The van der Waals surface area contributed by atoms with E-state index in [9.17, 15) is 13.2 Å². The molecular formula is C21H30F3N7. The molecule has 0 spiro atoms. The van der Waals surface area contributed by atoms with Gasteiger partial charge in [-0.25, -0.2) is 4.98 Å². The summed E-state index contributed by atoms with van der Waals surface area (Å²) in [6, 6.07) is 5.62. The summed E-state index contributed by atoms with van der Waals surface area (Å²) in [5.74, 6) is 1.81. The minimum Gasteiger partial charge on any atom is -0.356 e. The Balaban J connectivity index is 1.68. The number of alkyl halides is 3. The van der Waals surface area contributed by atoms with Gasteiger partial charge in [-0.1, -0.05) is 12.1 Å². The Bertz CT molecular complexity index is 876. The number of hydrogen-bond donors (Lipinski definition) is 1. The number of nitrogens with one attached hydrogen (secondary N) is 1. The van der Waals surface area contributed by atoms with Crippen molar-refractivity contribution in [1.82, 2.24) is 29.9 Å². The molecule has 0 amide bonds. The highest BCUT2D eigenvalue weighted by Crippen LogP contribution is 2.36. The third-order valence-electron chi connectivity index (χ3n) is 5.87. The second-order valence-corrected chi connectivity index (χ2v) is 8.03. The zero-order valence-corrected chi connectivity index (χ0v) is 18.4. The average molecular weight is 438 g/mol. The highest BCUT2D eigenvalue weighted by Gasteiger charge is 2.33. The van der Waals surface area contributed by atoms with Crippen molar-refractivity contribution in [2.24, 2.45) is 18.0 Å². The summed E-state index contributed by atoms with van der Waals surface area (Å²) >= 11 is 0. The number of aryl methyl sites for hydroxylation is 1. The first-order chi connectivity index (χ1) is 14.7. The Labute approximate surface area is 181 Å². The summed E-state index contributed by atoms with van der Waals surface area (Å²) in [5, 5.41) is 7.53. The van der Waals surface area contributed by atoms with Crippen LogP contribution in [0.4, 0.5) is 13.2 Å². The first kappa shape index (κ1) is 23.1. The van der Waals surface area contributed by atoms with Crippen LogP contribution in [0.1, 0.15) is 35.8 Å². The molecular weight excluding hydrogens is 407 g/mol. The zero-order valence-electron chi connectivity index (χ0n) is 18.4. The van der Waals surface area contributed by atoms with Gasteiger partial charge >= 0.3 is 6.18 Å². The lowest BCUT2D eigenvalue weighted by Crippen LogP contribution is -2.45. The third-order valence-corrected chi connectivity index (χ3v) is 5.87. The molecule has 1 saturated heterocycles. The van der Waals surface area contributed by atoms with Gasteiger partial charge in [-0.2, -0.15) is 18.3 Å². The van der Waals surface area contributed by atoms with Crippen LogP contribution in [-0.4, -0.2) is 64.8 Å². The molecule has 1 aliphatic rings. The van der Waals surface area contributed by atoms with Crippen molar-refractivity contribution in [3.8, 4) is 0 Å². The van der Waals surface area contributed by atoms with E-state index in [1.54, 1.807) is 23.9 Å². The van der Waals surface area contributed by atoms with Crippen molar-refractivity contribution in [3.63, 3.8) is 0 Å². The maximum Gasteiger partial charge on any atom is 0.416 e. The van der Waals surface area contributed by atoms with E-state index in [0.717, 1.165) is 36.7 Å². The minimum absolute atomic E-state index is 0.0469. The van der Waals surface area contributed by atoms with Crippen molar-refractivity contribution < 1.29 is 13.2 Å². The molecule has 1 fully saturated rings. The molecule has 2 heterocycles. The SMILES string of the molecule is CN=C(NCC1CCCN(C)C1c1ccc(C(F)(F)F)cc1)N(C)Cc1ncnn1C. The van der Waals surface area contributed by atoms with Gasteiger partial charge in [0.05, 0.1) is 12.1 Å². The van der Waals surface area contributed by atoms with Crippen LogP contribution < -0.4 is 5.32 Å². The van der Waals surface area contributed by atoms with Crippen molar-refractivity contribution in [2.45, 2.75) is 31.6 Å². The Kier molecular flexibility index (Phi) is 7.19. The standard InChI is InChI=1S/C21H30F3N7/c1-25-20(30(3)13-18-27-14-28-31(18)4)26-12-16-6-5-11-29(2)19(16)15-7-9-17(10-8-15)21(22,23)24/h7-10,14,16,19H,5-6,11-13H2,1-4H3,(H,25,26). The highest BCUT2D eigenvalue weighted by molar-refractivity contribution is 5.79. The predicted octanol–water partition coefficient (Wildman–Crippen LogP) is 2.92. The fraction of sp³-hybridized carbons (Fsp3) is 0.571. The Hall–Kier alpha value is -2.62. The van der Waals surface area contributed by atoms with Crippen LogP contribution in [0.15, 0.2) is 35.6 Å². The van der Waals surface area contributed by atoms with Gasteiger partial charge in [0.25, 0.3) is 0 Å². The van der Waals surface area contributed by atoms with Crippen molar-refractivity contribution in [2.75, 3.05) is 34.2 Å². The summed E-state index contributed by atoms with van der Waals surface area (Å²) in [6.07, 6.45) is -0.760. The van der Waals surface area contributed by atoms with Crippen molar-refractivity contribution in [1.29, 1.82) is 0 Å². The Morgan fingerprint density at radius 3 is 2.55 bits per heavy atom. The van der Waals surface area contributed by atoms with Crippen LogP contribution in [0, 0.1) is 5.92 Å². The second kappa shape index (κ2) is 9.67. The summed E-state index contributed by atoms with van der Waals surface area (Å²) in [6.45, 7) is 2.15. The molecule has 0 radical (unpaired) electrons. The van der Waals surface area contributed by atoms with E-state index >= 15 is 0 Å². The van der Waals surface area contributed by atoms with Gasteiger partial charge in [0.2, 0.25) is 0 Å². The molecule has 170 valence electrons. The number of piperidine rings is 1. The molecule has 0 bridgehead atoms. The predicted molar refractivity (Wildman–Crippen MR) is 113 cm³/mol.